The minimum atomic E-state index is 0.290. The summed E-state index contributed by atoms with van der Waals surface area (Å²) in [5.74, 6) is 1.14. The van der Waals surface area contributed by atoms with Gasteiger partial charge in [-0.3, -0.25) is 0 Å². The number of phenolic OH excluding ortho intramolecular Hbond substituents is 1. The van der Waals surface area contributed by atoms with Crippen molar-refractivity contribution in [3.63, 3.8) is 0 Å². The maximum atomic E-state index is 9.57. The summed E-state index contributed by atoms with van der Waals surface area (Å²) < 4.78 is 0. The quantitative estimate of drug-likeness (QED) is 0.852. The minimum Gasteiger partial charge on any atom is -0.508 e. The third-order valence-corrected chi connectivity index (χ3v) is 4.24. The normalized spacial score (nSPS) is 28.0. The molecule has 0 aromatic heterocycles. The van der Waals surface area contributed by atoms with E-state index in [2.05, 4.69) is 39.1 Å². The molecule has 2 heteroatoms. The Balaban J connectivity index is 2.00. The average molecular weight is 261 g/mol. The molecule has 2 nitrogen and oxygen atoms in total. The number of hydrogen-bond donors (Lipinski definition) is 2. The van der Waals surface area contributed by atoms with Gasteiger partial charge in [0.15, 0.2) is 0 Å². The molecule has 3 unspecified atom stereocenters. The van der Waals surface area contributed by atoms with E-state index in [0.717, 1.165) is 11.5 Å². The molecule has 1 aromatic carbocycles. The first kappa shape index (κ1) is 14.4. The van der Waals surface area contributed by atoms with Crippen molar-refractivity contribution in [2.75, 3.05) is 0 Å². The van der Waals surface area contributed by atoms with Crippen LogP contribution in [0.3, 0.4) is 0 Å². The minimum absolute atomic E-state index is 0.290. The molecule has 0 radical (unpaired) electrons. The average Bonchev–Trinajstić information content (AvgIpc) is 2.25. The molecule has 106 valence electrons. The first-order valence-electron chi connectivity index (χ1n) is 7.41. The zero-order chi connectivity index (χ0) is 14.0. The molecule has 0 heterocycles. The molecule has 1 saturated carbocycles. The van der Waals surface area contributed by atoms with Crippen LogP contribution in [0.1, 0.15) is 58.6 Å². The van der Waals surface area contributed by atoms with Crippen molar-refractivity contribution >= 4 is 0 Å². The van der Waals surface area contributed by atoms with E-state index >= 15 is 0 Å². The van der Waals surface area contributed by atoms with Crippen LogP contribution in [-0.2, 0) is 0 Å². The Morgan fingerprint density at radius 2 is 2.05 bits per heavy atom. The summed E-state index contributed by atoms with van der Waals surface area (Å²) in [5, 5.41) is 13.3. The fourth-order valence-electron chi connectivity index (χ4n) is 3.72. The van der Waals surface area contributed by atoms with E-state index in [1.165, 1.54) is 19.3 Å². The van der Waals surface area contributed by atoms with E-state index in [9.17, 15) is 5.11 Å². The Morgan fingerprint density at radius 1 is 1.32 bits per heavy atom. The lowest BCUT2D eigenvalue weighted by Crippen LogP contribution is -2.41. The monoisotopic (exact) mass is 261 g/mol. The van der Waals surface area contributed by atoms with E-state index in [0.29, 0.717) is 23.2 Å². The second kappa shape index (κ2) is 5.54. The summed E-state index contributed by atoms with van der Waals surface area (Å²) in [6.07, 6.45) is 3.82. The van der Waals surface area contributed by atoms with Gasteiger partial charge in [-0.1, -0.05) is 32.9 Å². The van der Waals surface area contributed by atoms with E-state index < -0.39 is 0 Å². The molecule has 0 saturated heterocycles. The third kappa shape index (κ3) is 3.97. The van der Waals surface area contributed by atoms with Gasteiger partial charge in [-0.25, -0.2) is 0 Å². The van der Waals surface area contributed by atoms with Crippen LogP contribution in [0.5, 0.6) is 5.75 Å². The van der Waals surface area contributed by atoms with Gasteiger partial charge in [-0.15, -0.1) is 0 Å². The van der Waals surface area contributed by atoms with Crippen LogP contribution < -0.4 is 5.32 Å². The predicted octanol–water partition coefficient (Wildman–Crippen LogP) is 4.26. The molecule has 0 bridgehead atoms. The second-order valence-electron chi connectivity index (χ2n) is 7.09. The van der Waals surface area contributed by atoms with Crippen LogP contribution >= 0.6 is 0 Å². The highest BCUT2D eigenvalue weighted by Gasteiger charge is 2.32. The summed E-state index contributed by atoms with van der Waals surface area (Å²) in [4.78, 5) is 0. The van der Waals surface area contributed by atoms with Crippen molar-refractivity contribution < 1.29 is 5.11 Å². The Bertz CT molecular complexity index is 427. The van der Waals surface area contributed by atoms with Gasteiger partial charge in [0.1, 0.15) is 5.75 Å². The predicted molar refractivity (Wildman–Crippen MR) is 80.2 cm³/mol. The lowest BCUT2D eigenvalue weighted by molar-refractivity contribution is 0.145. The maximum Gasteiger partial charge on any atom is 0.115 e. The van der Waals surface area contributed by atoms with Gasteiger partial charge in [-0.2, -0.15) is 0 Å². The van der Waals surface area contributed by atoms with Crippen LogP contribution in [0.2, 0.25) is 0 Å². The zero-order valence-electron chi connectivity index (χ0n) is 12.6. The van der Waals surface area contributed by atoms with Gasteiger partial charge in [0.05, 0.1) is 0 Å². The van der Waals surface area contributed by atoms with Crippen LogP contribution in [-0.4, -0.2) is 11.1 Å². The second-order valence-corrected chi connectivity index (χ2v) is 7.09. The van der Waals surface area contributed by atoms with E-state index in [1.807, 2.05) is 12.1 Å². The Hall–Kier alpha value is -1.02. The maximum absolute atomic E-state index is 9.57. The van der Waals surface area contributed by atoms with Crippen LogP contribution in [0, 0.1) is 11.3 Å². The molecule has 0 amide bonds. The highest BCUT2D eigenvalue weighted by atomic mass is 16.3. The smallest absolute Gasteiger partial charge is 0.115 e. The highest BCUT2D eigenvalue weighted by Crippen LogP contribution is 2.39. The van der Waals surface area contributed by atoms with Crippen LogP contribution in [0.25, 0.3) is 0 Å². The molecule has 2 rings (SSSR count). The summed E-state index contributed by atoms with van der Waals surface area (Å²) in [6, 6.07) is 8.44. The number of aromatic hydroxyl groups is 1. The molecule has 19 heavy (non-hydrogen) atoms. The molecular formula is C17H27NO. The van der Waals surface area contributed by atoms with Crippen molar-refractivity contribution in [2.45, 2.75) is 59.0 Å². The summed E-state index contributed by atoms with van der Waals surface area (Å²) in [6.45, 7) is 9.28. The van der Waals surface area contributed by atoms with Crippen molar-refractivity contribution in [2.24, 2.45) is 11.3 Å². The Labute approximate surface area is 117 Å². The molecule has 1 aliphatic carbocycles. The van der Waals surface area contributed by atoms with Crippen molar-refractivity contribution in [3.05, 3.63) is 29.8 Å². The standard InChI is InChI=1S/C17H27NO/c1-12-8-15(11-17(3,4)10-12)18-13(2)14-6-5-7-16(19)9-14/h5-7,9,12-13,15,18-19H,8,10-11H2,1-4H3. The molecule has 2 N–H and O–H groups in total. The number of nitrogens with one attached hydrogen (secondary N) is 1. The van der Waals surface area contributed by atoms with Gasteiger partial charge in [0.2, 0.25) is 0 Å². The zero-order valence-corrected chi connectivity index (χ0v) is 12.6. The SMILES string of the molecule is CC1CC(NC(C)c2cccc(O)c2)CC(C)(C)C1. The molecule has 1 fully saturated rings. The van der Waals surface area contributed by atoms with Gasteiger partial charge >= 0.3 is 0 Å². The third-order valence-electron chi connectivity index (χ3n) is 4.24. The van der Waals surface area contributed by atoms with Crippen LogP contribution in [0.4, 0.5) is 0 Å². The Morgan fingerprint density at radius 3 is 2.68 bits per heavy atom. The molecular weight excluding hydrogens is 234 g/mol. The lowest BCUT2D eigenvalue weighted by atomic mass is 9.70. The first-order valence-corrected chi connectivity index (χ1v) is 7.41. The van der Waals surface area contributed by atoms with Crippen molar-refractivity contribution in [1.82, 2.24) is 5.32 Å². The first-order chi connectivity index (χ1) is 8.85. The lowest BCUT2D eigenvalue weighted by Gasteiger charge is -2.40. The fourth-order valence-corrected chi connectivity index (χ4v) is 3.72. The Kier molecular flexibility index (Phi) is 4.19. The largest absolute Gasteiger partial charge is 0.508 e. The molecule has 3 atom stereocenters. The highest BCUT2D eigenvalue weighted by molar-refractivity contribution is 5.29. The van der Waals surface area contributed by atoms with Crippen molar-refractivity contribution in [1.29, 1.82) is 0 Å². The molecule has 1 aliphatic rings. The molecule has 1 aromatic rings. The topological polar surface area (TPSA) is 32.3 Å². The van der Waals surface area contributed by atoms with E-state index in [4.69, 9.17) is 0 Å². The van der Waals surface area contributed by atoms with E-state index in [-0.39, 0.29) is 0 Å². The van der Waals surface area contributed by atoms with Gasteiger partial charge < -0.3 is 10.4 Å². The van der Waals surface area contributed by atoms with Gasteiger partial charge in [0.25, 0.3) is 0 Å². The summed E-state index contributed by atoms with van der Waals surface area (Å²) in [5.41, 5.74) is 1.60. The molecule has 0 spiro atoms. The molecule has 0 aliphatic heterocycles. The number of hydrogen-bond acceptors (Lipinski definition) is 2. The van der Waals surface area contributed by atoms with Crippen molar-refractivity contribution in [3.8, 4) is 5.75 Å². The number of benzene rings is 1. The van der Waals surface area contributed by atoms with Gasteiger partial charge in [0, 0.05) is 12.1 Å². The van der Waals surface area contributed by atoms with E-state index in [1.54, 1.807) is 6.07 Å². The van der Waals surface area contributed by atoms with Crippen LogP contribution in [0.15, 0.2) is 24.3 Å². The van der Waals surface area contributed by atoms with Gasteiger partial charge in [-0.05, 0) is 55.2 Å². The summed E-state index contributed by atoms with van der Waals surface area (Å²) >= 11 is 0. The number of phenols is 1. The summed E-state index contributed by atoms with van der Waals surface area (Å²) in [7, 11) is 0. The number of rotatable bonds is 3. The fraction of sp³-hybridized carbons (Fsp3) is 0.647.